The topological polar surface area (TPSA) is 86.7 Å². The van der Waals surface area contributed by atoms with Gasteiger partial charge in [-0.1, -0.05) is 54.5 Å². The lowest BCUT2D eigenvalue weighted by molar-refractivity contribution is -0.133. The number of Topliss-reactive ketones (excluding diaryl/α,β-unsaturated/α-hetero) is 4. The zero-order chi connectivity index (χ0) is 37.2. The fourth-order valence-electron chi connectivity index (χ4n) is 8.98. The van der Waals surface area contributed by atoms with E-state index in [2.05, 4.69) is 54.5 Å². The molecule has 0 aliphatic heterocycles. The second-order valence-electron chi connectivity index (χ2n) is 14.6. The van der Waals surface area contributed by atoms with Gasteiger partial charge in [-0.05, 0) is 132 Å². The Hall–Kier alpha value is -5.20. The summed E-state index contributed by atoms with van der Waals surface area (Å²) in [5.74, 6) is 3.40. The molecule has 3 aromatic rings. The molecule has 0 bridgehead atoms. The molecule has 0 saturated heterocycles. The molecular weight excluding hydrogens is 649 g/mol. The molecule has 0 radical (unpaired) electrons. The van der Waals surface area contributed by atoms with Crippen LogP contribution in [0.15, 0.2) is 78.4 Å². The first-order valence-corrected chi connectivity index (χ1v) is 18.3. The molecule has 0 aromatic heterocycles. The van der Waals surface area contributed by atoms with Crippen molar-refractivity contribution in [2.24, 2.45) is 23.7 Å². The van der Waals surface area contributed by atoms with Gasteiger partial charge >= 0.3 is 0 Å². The monoisotopic (exact) mass is 694 g/mol. The van der Waals surface area contributed by atoms with Crippen molar-refractivity contribution in [3.8, 4) is 23.8 Å². The van der Waals surface area contributed by atoms with Gasteiger partial charge in [-0.3, -0.25) is 19.2 Å². The minimum atomic E-state index is -0.787. The summed E-state index contributed by atoms with van der Waals surface area (Å²) in [6, 6.07) is 26.5. The number of allylic oxidation sites excluding steroid dienone is 4. The summed E-state index contributed by atoms with van der Waals surface area (Å²) in [6.45, 7) is 8.25. The van der Waals surface area contributed by atoms with Crippen LogP contribution in [0.3, 0.4) is 0 Å². The van der Waals surface area contributed by atoms with Gasteiger partial charge in [0.25, 0.3) is 0 Å². The fraction of sp³-hybridized carbons (Fsp3) is 0.391. The first-order valence-electron chi connectivity index (χ1n) is 18.3. The number of fused-ring (bicyclic) bond motifs is 1. The van der Waals surface area contributed by atoms with E-state index in [-0.39, 0.29) is 59.0 Å². The molecule has 2 saturated carbocycles. The van der Waals surface area contributed by atoms with Crippen LogP contribution in [-0.4, -0.2) is 35.3 Å². The van der Waals surface area contributed by atoms with E-state index in [9.17, 15) is 19.2 Å². The Bertz CT molecular complexity index is 1860. The quantitative estimate of drug-likeness (QED) is 0.188. The third-order valence-electron chi connectivity index (χ3n) is 11.5. The molecule has 0 heterocycles. The predicted molar refractivity (Wildman–Crippen MR) is 201 cm³/mol. The minimum absolute atomic E-state index is 0.0318. The zero-order valence-electron chi connectivity index (χ0n) is 30.7. The lowest BCUT2D eigenvalue weighted by atomic mass is 9.67. The number of hydrogen-bond acceptors (Lipinski definition) is 6. The van der Waals surface area contributed by atoms with Crippen molar-refractivity contribution in [3.63, 3.8) is 0 Å². The van der Waals surface area contributed by atoms with Gasteiger partial charge in [-0.25, -0.2) is 0 Å². The number of hydrogen-bond donors (Lipinski definition) is 0. The van der Waals surface area contributed by atoms with Crippen LogP contribution in [0.4, 0.5) is 0 Å². The summed E-state index contributed by atoms with van der Waals surface area (Å²) in [5.41, 5.74) is 4.71. The van der Waals surface area contributed by atoms with Crippen LogP contribution in [0, 0.1) is 48.1 Å². The molecule has 6 atom stereocenters. The second-order valence-corrected chi connectivity index (χ2v) is 14.6. The van der Waals surface area contributed by atoms with Crippen LogP contribution < -0.4 is 9.47 Å². The summed E-state index contributed by atoms with van der Waals surface area (Å²) in [5, 5.41) is 0. The average molecular weight is 695 g/mol. The van der Waals surface area contributed by atoms with Gasteiger partial charge in [0.05, 0.1) is 17.6 Å². The molecule has 266 valence electrons. The predicted octanol–water partition coefficient (Wildman–Crippen LogP) is 8.28. The fourth-order valence-corrected chi connectivity index (χ4v) is 8.98. The van der Waals surface area contributed by atoms with Crippen molar-refractivity contribution in [1.29, 1.82) is 0 Å². The first kappa shape index (κ1) is 36.6. The zero-order valence-corrected chi connectivity index (χ0v) is 30.7. The van der Waals surface area contributed by atoms with Crippen molar-refractivity contribution in [2.75, 3.05) is 0 Å². The average Bonchev–Trinajstić information content (AvgIpc) is 3.41. The van der Waals surface area contributed by atoms with Crippen LogP contribution in [0.5, 0.6) is 11.5 Å². The van der Waals surface area contributed by atoms with Gasteiger partial charge < -0.3 is 9.47 Å². The van der Waals surface area contributed by atoms with Crippen LogP contribution in [0.25, 0.3) is 5.57 Å². The smallest absolute Gasteiger partial charge is 0.133 e. The number of benzene rings is 2. The summed E-state index contributed by atoms with van der Waals surface area (Å²) in [4.78, 5) is 49.3. The molecule has 52 heavy (non-hydrogen) atoms. The van der Waals surface area contributed by atoms with Gasteiger partial charge in [0.15, 0.2) is 0 Å². The Morgan fingerprint density at radius 3 is 1.58 bits per heavy atom. The highest BCUT2D eigenvalue weighted by Gasteiger charge is 2.47. The SMILES string of the molecule is C#CC1=C(/C=C\C)C(c2ccc(OC3CCC(C(C)=O)C(C(C)=O)C3)cc2)(c2ccc(OC3CCC(C(C)=O)C(C(C)=O)C3)cc2)c2ccc#cc21. The van der Waals surface area contributed by atoms with Crippen molar-refractivity contribution in [2.45, 2.75) is 90.8 Å². The van der Waals surface area contributed by atoms with E-state index in [0.717, 1.165) is 33.4 Å². The summed E-state index contributed by atoms with van der Waals surface area (Å²) in [6.07, 6.45) is 13.7. The number of rotatable bonds is 11. The maximum absolute atomic E-state index is 12.4. The van der Waals surface area contributed by atoms with Crippen LogP contribution >= 0.6 is 0 Å². The number of ether oxygens (including phenoxy) is 2. The first-order chi connectivity index (χ1) is 25.0. The molecule has 3 aliphatic rings. The Balaban J connectivity index is 1.34. The third kappa shape index (κ3) is 6.75. The Morgan fingerprint density at radius 2 is 1.17 bits per heavy atom. The second kappa shape index (κ2) is 15.2. The van der Waals surface area contributed by atoms with Crippen molar-refractivity contribution < 1.29 is 28.7 Å². The summed E-state index contributed by atoms with van der Waals surface area (Å²) >= 11 is 0. The maximum atomic E-state index is 12.4. The highest BCUT2D eigenvalue weighted by atomic mass is 16.5. The highest BCUT2D eigenvalue weighted by Crippen LogP contribution is 2.55. The Labute approximate surface area is 307 Å². The molecular formula is C46H46O6. The van der Waals surface area contributed by atoms with E-state index in [1.54, 1.807) is 27.7 Å². The van der Waals surface area contributed by atoms with Crippen molar-refractivity contribution in [1.82, 2.24) is 0 Å². The molecule has 6 nitrogen and oxygen atoms in total. The molecule has 6 unspecified atom stereocenters. The molecule has 6 rings (SSSR count). The van der Waals surface area contributed by atoms with Crippen LogP contribution in [-0.2, 0) is 24.6 Å². The standard InChI is InChI=1S/C46H46O6/c1-7-11-44-38(8-2)41-12-9-10-13-45(41)46(44,32-14-18-34(19-15-32)51-36-22-24-39(28(3)47)42(26-36)30(5)49)33-16-20-35(21-17-33)52-37-23-25-40(29(4)48)43(27-37)31(6)50/h2,7,10-11,13-21,36-37,39-40,42-43H,22-27H2,1,3-6H3/b11-7-. The molecule has 3 aliphatic carbocycles. The molecule has 2 fully saturated rings. The van der Waals surface area contributed by atoms with Crippen molar-refractivity contribution >= 4 is 28.7 Å². The molecule has 6 heteroatoms. The Morgan fingerprint density at radius 1 is 0.712 bits per heavy atom. The third-order valence-corrected chi connectivity index (χ3v) is 11.5. The van der Waals surface area contributed by atoms with E-state index in [1.165, 1.54) is 0 Å². The van der Waals surface area contributed by atoms with Gasteiger partial charge in [-0.2, -0.15) is 0 Å². The Kier molecular flexibility index (Phi) is 10.7. The normalized spacial score (nSPS) is 26.9. The number of ketones is 4. The number of carbonyl (C=O) groups is 4. The van der Waals surface area contributed by atoms with E-state index >= 15 is 0 Å². The molecule has 0 amide bonds. The largest absolute Gasteiger partial charge is 0.490 e. The van der Waals surface area contributed by atoms with Gasteiger partial charge in [0.1, 0.15) is 34.6 Å². The van der Waals surface area contributed by atoms with E-state index in [4.69, 9.17) is 15.9 Å². The van der Waals surface area contributed by atoms with Gasteiger partial charge in [0.2, 0.25) is 0 Å². The summed E-state index contributed by atoms with van der Waals surface area (Å²) < 4.78 is 12.9. The van der Waals surface area contributed by atoms with E-state index in [0.29, 0.717) is 50.0 Å². The lowest BCUT2D eigenvalue weighted by Crippen LogP contribution is -2.38. The highest BCUT2D eigenvalue weighted by molar-refractivity contribution is 5.94. The number of terminal acetylenes is 1. The van der Waals surface area contributed by atoms with Gasteiger partial charge in [0, 0.05) is 34.8 Å². The summed E-state index contributed by atoms with van der Waals surface area (Å²) in [7, 11) is 0. The minimum Gasteiger partial charge on any atom is -0.490 e. The molecule has 3 aromatic carbocycles. The molecule has 0 N–H and O–H groups in total. The van der Waals surface area contributed by atoms with Gasteiger partial charge in [-0.15, -0.1) is 6.42 Å². The van der Waals surface area contributed by atoms with E-state index < -0.39 is 5.41 Å². The maximum Gasteiger partial charge on any atom is 0.133 e. The number of carbonyl (C=O) groups excluding carboxylic acids is 4. The van der Waals surface area contributed by atoms with Crippen LogP contribution in [0.2, 0.25) is 0 Å². The lowest BCUT2D eigenvalue weighted by Gasteiger charge is -2.36. The van der Waals surface area contributed by atoms with E-state index in [1.807, 2.05) is 43.3 Å². The van der Waals surface area contributed by atoms with Crippen LogP contribution in [0.1, 0.15) is 95.4 Å². The molecule has 0 spiro atoms. The van der Waals surface area contributed by atoms with Crippen molar-refractivity contribution in [3.05, 3.63) is 113 Å².